The van der Waals surface area contributed by atoms with Gasteiger partial charge in [-0.1, -0.05) is 34.1 Å². The Hall–Kier alpha value is -2.34. The zero-order chi connectivity index (χ0) is 15.5. The van der Waals surface area contributed by atoms with E-state index in [-0.39, 0.29) is 11.6 Å². The minimum atomic E-state index is -0.257. The largest absolute Gasteiger partial charge is 0.326 e. The fourth-order valence-corrected chi connectivity index (χ4v) is 2.77. The predicted molar refractivity (Wildman–Crippen MR) is 90.0 cm³/mol. The van der Waals surface area contributed by atoms with E-state index >= 15 is 0 Å². The third-order valence-electron chi connectivity index (χ3n) is 3.38. The van der Waals surface area contributed by atoms with Crippen LogP contribution in [0.2, 0.25) is 0 Å². The second kappa shape index (κ2) is 6.19. The van der Waals surface area contributed by atoms with Gasteiger partial charge in [0.05, 0.1) is 11.0 Å². The lowest BCUT2D eigenvalue weighted by Crippen LogP contribution is -2.12. The number of carbonyl (C=O) groups is 1. The number of aromatic nitrogens is 2. The van der Waals surface area contributed by atoms with Gasteiger partial charge < -0.3 is 15.3 Å². The maximum absolute atomic E-state index is 12.0. The van der Waals surface area contributed by atoms with E-state index in [9.17, 15) is 9.59 Å². The highest BCUT2D eigenvalue weighted by molar-refractivity contribution is 9.10. The fraction of sp³-hybridized carbons (Fsp3) is 0.125. The second-order valence-corrected chi connectivity index (χ2v) is 5.83. The van der Waals surface area contributed by atoms with E-state index in [1.807, 2.05) is 24.3 Å². The summed E-state index contributed by atoms with van der Waals surface area (Å²) in [6, 6.07) is 13.1. The highest BCUT2D eigenvalue weighted by atomic mass is 79.9. The van der Waals surface area contributed by atoms with Gasteiger partial charge in [0.2, 0.25) is 5.91 Å². The summed E-state index contributed by atoms with van der Waals surface area (Å²) in [7, 11) is 0. The van der Waals surface area contributed by atoms with Gasteiger partial charge in [0.1, 0.15) is 0 Å². The number of anilines is 1. The SMILES string of the molecule is O=C(CCc1ccccc1Br)Nc1ccc2[nH]c(=O)[nH]c2c1. The molecule has 22 heavy (non-hydrogen) atoms. The molecule has 1 aromatic heterocycles. The third kappa shape index (κ3) is 3.28. The van der Waals surface area contributed by atoms with Crippen LogP contribution in [-0.2, 0) is 11.2 Å². The van der Waals surface area contributed by atoms with Crippen molar-refractivity contribution in [1.82, 2.24) is 9.97 Å². The number of benzene rings is 2. The Morgan fingerprint density at radius 1 is 1.09 bits per heavy atom. The summed E-state index contributed by atoms with van der Waals surface area (Å²) in [6.45, 7) is 0. The van der Waals surface area contributed by atoms with Gasteiger partial charge in [-0.15, -0.1) is 0 Å². The first-order chi connectivity index (χ1) is 10.6. The van der Waals surface area contributed by atoms with Gasteiger partial charge in [-0.25, -0.2) is 4.79 Å². The number of imidazole rings is 1. The molecule has 0 atom stereocenters. The Kier molecular flexibility index (Phi) is 4.11. The number of carbonyl (C=O) groups excluding carboxylic acids is 1. The van der Waals surface area contributed by atoms with Crippen molar-refractivity contribution in [2.24, 2.45) is 0 Å². The molecule has 2 aromatic carbocycles. The van der Waals surface area contributed by atoms with E-state index in [1.54, 1.807) is 18.2 Å². The average molecular weight is 360 g/mol. The maximum atomic E-state index is 12.0. The standard InChI is InChI=1S/C16H14BrN3O2/c17-12-4-2-1-3-10(12)5-8-15(21)18-11-6-7-13-14(9-11)20-16(22)19-13/h1-4,6-7,9H,5,8H2,(H,18,21)(H2,19,20,22). The van der Waals surface area contributed by atoms with Crippen LogP contribution in [0, 0.1) is 0 Å². The van der Waals surface area contributed by atoms with E-state index < -0.39 is 0 Å². The molecule has 0 aliphatic carbocycles. The number of rotatable bonds is 4. The Labute approximate surface area is 134 Å². The quantitative estimate of drug-likeness (QED) is 0.668. The molecule has 5 nitrogen and oxygen atoms in total. The van der Waals surface area contributed by atoms with E-state index in [1.165, 1.54) is 0 Å². The lowest BCUT2D eigenvalue weighted by atomic mass is 10.1. The zero-order valence-electron chi connectivity index (χ0n) is 11.7. The number of aryl methyl sites for hydroxylation is 1. The van der Waals surface area contributed by atoms with Gasteiger partial charge in [-0.3, -0.25) is 4.79 Å². The molecule has 1 amide bonds. The smallest absolute Gasteiger partial charge is 0.323 e. The number of halogens is 1. The number of fused-ring (bicyclic) bond motifs is 1. The topological polar surface area (TPSA) is 77.8 Å². The van der Waals surface area contributed by atoms with Gasteiger partial charge in [0.25, 0.3) is 0 Å². The molecule has 0 unspecified atom stereocenters. The Morgan fingerprint density at radius 2 is 1.86 bits per heavy atom. The van der Waals surface area contributed by atoms with E-state index in [2.05, 4.69) is 31.2 Å². The molecule has 0 aliphatic heterocycles. The molecule has 0 saturated heterocycles. The van der Waals surface area contributed by atoms with E-state index in [4.69, 9.17) is 0 Å². The number of H-pyrrole nitrogens is 2. The fourth-order valence-electron chi connectivity index (χ4n) is 2.28. The summed E-state index contributed by atoms with van der Waals surface area (Å²) in [5.41, 5.74) is 2.90. The van der Waals surface area contributed by atoms with Crippen molar-refractivity contribution in [2.75, 3.05) is 5.32 Å². The van der Waals surface area contributed by atoms with E-state index in [0.717, 1.165) is 15.6 Å². The average Bonchev–Trinajstić information content (AvgIpc) is 2.86. The minimum absolute atomic E-state index is 0.0621. The van der Waals surface area contributed by atoms with Crippen molar-refractivity contribution in [3.05, 3.63) is 63.0 Å². The van der Waals surface area contributed by atoms with Crippen molar-refractivity contribution >= 4 is 38.6 Å². The molecule has 0 aliphatic rings. The van der Waals surface area contributed by atoms with Crippen LogP contribution in [0.5, 0.6) is 0 Å². The van der Waals surface area contributed by atoms with Crippen LogP contribution in [0.1, 0.15) is 12.0 Å². The molecule has 3 aromatic rings. The van der Waals surface area contributed by atoms with Gasteiger partial charge in [-0.2, -0.15) is 0 Å². The zero-order valence-corrected chi connectivity index (χ0v) is 13.2. The molecule has 3 rings (SSSR count). The number of aromatic amines is 2. The first-order valence-corrected chi connectivity index (χ1v) is 7.66. The summed E-state index contributed by atoms with van der Waals surface area (Å²) in [5, 5.41) is 2.84. The van der Waals surface area contributed by atoms with Gasteiger partial charge >= 0.3 is 5.69 Å². The molecule has 3 N–H and O–H groups in total. The van der Waals surface area contributed by atoms with Crippen molar-refractivity contribution in [1.29, 1.82) is 0 Å². The summed E-state index contributed by atoms with van der Waals surface area (Å²) >= 11 is 3.47. The lowest BCUT2D eigenvalue weighted by molar-refractivity contribution is -0.116. The minimum Gasteiger partial charge on any atom is -0.326 e. The summed E-state index contributed by atoms with van der Waals surface area (Å²) in [5.74, 6) is -0.0621. The van der Waals surface area contributed by atoms with Gasteiger partial charge in [0, 0.05) is 16.6 Å². The van der Waals surface area contributed by atoms with Gasteiger partial charge in [0.15, 0.2) is 0 Å². The third-order valence-corrected chi connectivity index (χ3v) is 4.15. The number of amides is 1. The van der Waals surface area contributed by atoms with Crippen LogP contribution < -0.4 is 11.0 Å². The van der Waals surface area contributed by atoms with Crippen molar-refractivity contribution in [3.63, 3.8) is 0 Å². The van der Waals surface area contributed by atoms with Crippen molar-refractivity contribution < 1.29 is 4.79 Å². The molecule has 112 valence electrons. The van der Waals surface area contributed by atoms with Crippen LogP contribution in [0.15, 0.2) is 51.7 Å². The van der Waals surface area contributed by atoms with Crippen molar-refractivity contribution in [2.45, 2.75) is 12.8 Å². The highest BCUT2D eigenvalue weighted by Crippen LogP contribution is 2.18. The maximum Gasteiger partial charge on any atom is 0.323 e. The normalized spacial score (nSPS) is 10.8. The van der Waals surface area contributed by atoms with Crippen LogP contribution in [0.3, 0.4) is 0 Å². The molecule has 0 radical (unpaired) electrons. The molecule has 0 bridgehead atoms. The molecule has 1 heterocycles. The molecular formula is C16H14BrN3O2. The van der Waals surface area contributed by atoms with Crippen LogP contribution in [0.25, 0.3) is 11.0 Å². The highest BCUT2D eigenvalue weighted by Gasteiger charge is 2.06. The van der Waals surface area contributed by atoms with Crippen LogP contribution in [-0.4, -0.2) is 15.9 Å². The second-order valence-electron chi connectivity index (χ2n) is 4.98. The van der Waals surface area contributed by atoms with Crippen LogP contribution in [0.4, 0.5) is 5.69 Å². The first kappa shape index (κ1) is 14.6. The predicted octanol–water partition coefficient (Wildman–Crippen LogP) is 3.19. The lowest BCUT2D eigenvalue weighted by Gasteiger charge is -2.06. The molecule has 6 heteroatoms. The summed E-state index contributed by atoms with van der Waals surface area (Å²) < 4.78 is 1.01. The summed E-state index contributed by atoms with van der Waals surface area (Å²) in [6.07, 6.45) is 1.06. The summed E-state index contributed by atoms with van der Waals surface area (Å²) in [4.78, 5) is 28.6. The number of nitrogens with one attached hydrogen (secondary N) is 3. The Bertz CT molecular complexity index is 882. The van der Waals surface area contributed by atoms with Crippen LogP contribution >= 0.6 is 15.9 Å². The van der Waals surface area contributed by atoms with Gasteiger partial charge in [-0.05, 0) is 36.2 Å². The molecular weight excluding hydrogens is 346 g/mol. The number of hydrogen-bond acceptors (Lipinski definition) is 2. The first-order valence-electron chi connectivity index (χ1n) is 6.87. The van der Waals surface area contributed by atoms with E-state index in [0.29, 0.717) is 24.0 Å². The van der Waals surface area contributed by atoms with Crippen molar-refractivity contribution in [3.8, 4) is 0 Å². The number of hydrogen-bond donors (Lipinski definition) is 3. The molecule has 0 saturated carbocycles. The molecule has 0 fully saturated rings. The Morgan fingerprint density at radius 3 is 2.68 bits per heavy atom. The molecule has 0 spiro atoms. The monoisotopic (exact) mass is 359 g/mol. The Balaban J connectivity index is 1.65.